The summed E-state index contributed by atoms with van der Waals surface area (Å²) in [7, 11) is 0. The molecule has 4 heterocycles. The van der Waals surface area contributed by atoms with Crippen LogP contribution >= 0.6 is 0 Å². The van der Waals surface area contributed by atoms with E-state index in [1.807, 2.05) is 31.0 Å². The maximum absolute atomic E-state index is 12.7. The van der Waals surface area contributed by atoms with E-state index in [1.54, 1.807) is 10.7 Å². The van der Waals surface area contributed by atoms with Crippen LogP contribution in [0.2, 0.25) is 0 Å². The van der Waals surface area contributed by atoms with Gasteiger partial charge in [-0.05, 0) is 37.5 Å². The Morgan fingerprint density at radius 3 is 2.75 bits per heavy atom. The molecular formula is C20H25N7O. The number of piperazine rings is 1. The standard InChI is InChI=1S/C20H25N7O/c1-15-18(16(2)27-20(24-15)22-14-23-27)5-6-19(28)26-10-8-25(9-11-26)13-17-4-3-7-21-12-17/h3-4,7,12,14H,5-6,8-11,13H2,1-2H3. The minimum absolute atomic E-state index is 0.207. The van der Waals surface area contributed by atoms with Crippen molar-refractivity contribution in [2.24, 2.45) is 0 Å². The maximum atomic E-state index is 12.7. The molecule has 3 aromatic rings. The van der Waals surface area contributed by atoms with Crippen LogP contribution in [0.1, 0.15) is 28.9 Å². The third kappa shape index (κ3) is 3.87. The summed E-state index contributed by atoms with van der Waals surface area (Å²) in [6.07, 6.45) is 6.37. The number of carbonyl (C=O) groups is 1. The van der Waals surface area contributed by atoms with Crippen LogP contribution < -0.4 is 0 Å². The molecule has 0 unspecified atom stereocenters. The van der Waals surface area contributed by atoms with Gasteiger partial charge < -0.3 is 4.90 Å². The number of pyridine rings is 1. The minimum Gasteiger partial charge on any atom is -0.340 e. The van der Waals surface area contributed by atoms with Gasteiger partial charge in [0.1, 0.15) is 6.33 Å². The Kier molecular flexibility index (Phi) is 5.29. The van der Waals surface area contributed by atoms with E-state index in [0.29, 0.717) is 18.6 Å². The summed E-state index contributed by atoms with van der Waals surface area (Å²) in [6.45, 7) is 8.20. The fraction of sp³-hybridized carbons (Fsp3) is 0.450. The Hall–Kier alpha value is -2.87. The number of hydrogen-bond donors (Lipinski definition) is 0. The lowest BCUT2D eigenvalue weighted by molar-refractivity contribution is -0.133. The van der Waals surface area contributed by atoms with Gasteiger partial charge in [0.25, 0.3) is 5.78 Å². The van der Waals surface area contributed by atoms with Gasteiger partial charge in [-0.3, -0.25) is 14.7 Å². The van der Waals surface area contributed by atoms with E-state index in [9.17, 15) is 4.79 Å². The van der Waals surface area contributed by atoms with Gasteiger partial charge in [-0.2, -0.15) is 10.1 Å². The number of carbonyl (C=O) groups excluding carboxylic acids is 1. The highest BCUT2D eigenvalue weighted by atomic mass is 16.2. The molecule has 1 aliphatic rings. The average Bonchev–Trinajstić information content (AvgIpc) is 3.17. The van der Waals surface area contributed by atoms with Crippen molar-refractivity contribution in [3.8, 4) is 0 Å². The Bertz CT molecular complexity index is 961. The lowest BCUT2D eigenvalue weighted by Gasteiger charge is -2.34. The first kappa shape index (κ1) is 18.5. The zero-order valence-corrected chi connectivity index (χ0v) is 16.4. The van der Waals surface area contributed by atoms with Gasteiger partial charge in [-0.15, -0.1) is 0 Å². The summed E-state index contributed by atoms with van der Waals surface area (Å²) < 4.78 is 1.74. The third-order valence-electron chi connectivity index (χ3n) is 5.43. The molecule has 8 heteroatoms. The average molecular weight is 379 g/mol. The predicted molar refractivity (Wildman–Crippen MR) is 105 cm³/mol. The summed E-state index contributed by atoms with van der Waals surface area (Å²) in [4.78, 5) is 29.9. The second kappa shape index (κ2) is 8.02. The van der Waals surface area contributed by atoms with Crippen LogP contribution in [0.5, 0.6) is 0 Å². The van der Waals surface area contributed by atoms with Crippen LogP contribution in [0.15, 0.2) is 30.9 Å². The first-order valence-electron chi connectivity index (χ1n) is 9.66. The number of nitrogens with zero attached hydrogens (tertiary/aromatic N) is 7. The molecule has 3 aromatic heterocycles. The smallest absolute Gasteiger partial charge is 0.252 e. The molecule has 28 heavy (non-hydrogen) atoms. The first-order valence-corrected chi connectivity index (χ1v) is 9.66. The molecule has 1 amide bonds. The lowest BCUT2D eigenvalue weighted by atomic mass is 10.1. The quantitative estimate of drug-likeness (QED) is 0.667. The van der Waals surface area contributed by atoms with Gasteiger partial charge in [0.2, 0.25) is 5.91 Å². The van der Waals surface area contributed by atoms with Crippen molar-refractivity contribution in [1.82, 2.24) is 34.4 Å². The van der Waals surface area contributed by atoms with Crippen molar-refractivity contribution in [3.63, 3.8) is 0 Å². The number of amides is 1. The largest absolute Gasteiger partial charge is 0.340 e. The molecule has 0 aromatic carbocycles. The van der Waals surface area contributed by atoms with Crippen LogP contribution in [0.25, 0.3) is 5.78 Å². The van der Waals surface area contributed by atoms with E-state index in [2.05, 4.69) is 31.0 Å². The molecule has 0 N–H and O–H groups in total. The van der Waals surface area contributed by atoms with Crippen LogP contribution in [0.3, 0.4) is 0 Å². The molecule has 4 rings (SSSR count). The van der Waals surface area contributed by atoms with E-state index in [4.69, 9.17) is 0 Å². The maximum Gasteiger partial charge on any atom is 0.252 e. The second-order valence-electron chi connectivity index (χ2n) is 7.25. The topological polar surface area (TPSA) is 79.5 Å². The van der Waals surface area contributed by atoms with Crippen molar-refractivity contribution in [2.75, 3.05) is 26.2 Å². The van der Waals surface area contributed by atoms with Crippen LogP contribution in [0, 0.1) is 13.8 Å². The normalized spacial score (nSPS) is 15.3. The van der Waals surface area contributed by atoms with E-state index in [0.717, 1.165) is 49.7 Å². The molecule has 0 atom stereocenters. The number of aryl methyl sites for hydroxylation is 2. The second-order valence-corrected chi connectivity index (χ2v) is 7.25. The molecule has 1 saturated heterocycles. The lowest BCUT2D eigenvalue weighted by Crippen LogP contribution is -2.48. The first-order chi connectivity index (χ1) is 13.6. The SMILES string of the molecule is Cc1nc2ncnn2c(C)c1CCC(=O)N1CCN(Cc2cccnc2)CC1. The molecule has 0 bridgehead atoms. The van der Waals surface area contributed by atoms with Gasteiger partial charge >= 0.3 is 0 Å². The number of hydrogen-bond acceptors (Lipinski definition) is 6. The monoisotopic (exact) mass is 379 g/mol. The molecule has 0 radical (unpaired) electrons. The van der Waals surface area contributed by atoms with Gasteiger partial charge in [0.15, 0.2) is 0 Å². The number of fused-ring (bicyclic) bond motifs is 1. The van der Waals surface area contributed by atoms with Crippen LogP contribution in [-0.4, -0.2) is 66.5 Å². The summed E-state index contributed by atoms with van der Waals surface area (Å²) in [6, 6.07) is 4.06. The van der Waals surface area contributed by atoms with Gasteiger partial charge in [0, 0.05) is 62.9 Å². The predicted octanol–water partition coefficient (Wildman–Crippen LogP) is 1.41. The van der Waals surface area contributed by atoms with E-state index in [1.165, 1.54) is 11.9 Å². The van der Waals surface area contributed by atoms with E-state index < -0.39 is 0 Å². The van der Waals surface area contributed by atoms with Crippen molar-refractivity contribution >= 4 is 11.7 Å². The Labute approximate surface area is 164 Å². The van der Waals surface area contributed by atoms with Crippen molar-refractivity contribution < 1.29 is 4.79 Å². The molecule has 146 valence electrons. The van der Waals surface area contributed by atoms with Crippen LogP contribution in [0.4, 0.5) is 0 Å². The van der Waals surface area contributed by atoms with Gasteiger partial charge in [-0.1, -0.05) is 6.07 Å². The molecule has 8 nitrogen and oxygen atoms in total. The number of rotatable bonds is 5. The molecule has 0 aliphatic carbocycles. The van der Waals surface area contributed by atoms with Crippen molar-refractivity contribution in [1.29, 1.82) is 0 Å². The molecule has 0 spiro atoms. The molecule has 0 saturated carbocycles. The Morgan fingerprint density at radius 1 is 1.18 bits per heavy atom. The Balaban J connectivity index is 1.32. The highest BCUT2D eigenvalue weighted by Gasteiger charge is 2.22. The fourth-order valence-corrected chi connectivity index (χ4v) is 3.81. The summed E-state index contributed by atoms with van der Waals surface area (Å²) in [5.41, 5.74) is 4.23. The zero-order chi connectivity index (χ0) is 19.5. The van der Waals surface area contributed by atoms with Crippen molar-refractivity contribution in [2.45, 2.75) is 33.2 Å². The highest BCUT2D eigenvalue weighted by Crippen LogP contribution is 2.16. The van der Waals surface area contributed by atoms with E-state index >= 15 is 0 Å². The third-order valence-corrected chi connectivity index (χ3v) is 5.43. The van der Waals surface area contributed by atoms with Crippen LogP contribution in [-0.2, 0) is 17.8 Å². The Morgan fingerprint density at radius 2 is 2.00 bits per heavy atom. The highest BCUT2D eigenvalue weighted by molar-refractivity contribution is 5.76. The van der Waals surface area contributed by atoms with Gasteiger partial charge in [-0.25, -0.2) is 9.50 Å². The fourth-order valence-electron chi connectivity index (χ4n) is 3.81. The minimum atomic E-state index is 0.207. The summed E-state index contributed by atoms with van der Waals surface area (Å²) in [5, 5.41) is 4.22. The summed E-state index contributed by atoms with van der Waals surface area (Å²) in [5.74, 6) is 0.813. The molecule has 1 aliphatic heterocycles. The molecule has 1 fully saturated rings. The zero-order valence-electron chi connectivity index (χ0n) is 16.4. The number of aromatic nitrogens is 5. The molecular weight excluding hydrogens is 354 g/mol. The summed E-state index contributed by atoms with van der Waals surface area (Å²) >= 11 is 0. The van der Waals surface area contributed by atoms with E-state index in [-0.39, 0.29) is 5.91 Å². The van der Waals surface area contributed by atoms with Crippen molar-refractivity contribution in [3.05, 3.63) is 53.4 Å². The van der Waals surface area contributed by atoms with Gasteiger partial charge in [0.05, 0.1) is 0 Å².